The summed E-state index contributed by atoms with van der Waals surface area (Å²) in [6.45, 7) is 0.207. The van der Waals surface area contributed by atoms with Gasteiger partial charge in [0.25, 0.3) is 0 Å². The van der Waals surface area contributed by atoms with Gasteiger partial charge in [-0.15, -0.1) is 12.4 Å². The topological polar surface area (TPSA) is 38.3 Å². The van der Waals surface area contributed by atoms with Crippen molar-refractivity contribution in [3.05, 3.63) is 34.6 Å². The summed E-state index contributed by atoms with van der Waals surface area (Å²) in [4.78, 5) is 10.7. The van der Waals surface area contributed by atoms with Gasteiger partial charge in [-0.05, 0) is 23.8 Å². The van der Waals surface area contributed by atoms with Gasteiger partial charge in [-0.2, -0.15) is 0 Å². The van der Waals surface area contributed by atoms with Crippen molar-refractivity contribution in [1.29, 1.82) is 0 Å². The molecular weight excluding hydrogens is 244 g/mol. The standard InChI is InChI=1S/C9H7ClFNO2.ClH/c10-6-1-5(2-7(11)3-6)8-4-14-9(13)12-8;/h1-3,8H,4H2,(H,12,13);1H/t8-;/m1./s1. The highest BCUT2D eigenvalue weighted by Gasteiger charge is 2.24. The predicted octanol–water partition coefficient (Wildman–Crippen LogP) is 2.68. The largest absolute Gasteiger partial charge is 0.447 e. The third-order valence-corrected chi connectivity index (χ3v) is 2.18. The minimum atomic E-state index is -0.490. The maximum absolute atomic E-state index is 12.9. The number of rotatable bonds is 1. The Morgan fingerprint density at radius 2 is 2.20 bits per heavy atom. The number of amides is 1. The van der Waals surface area contributed by atoms with Gasteiger partial charge in [0.05, 0.1) is 6.04 Å². The van der Waals surface area contributed by atoms with Crippen LogP contribution in [0.25, 0.3) is 0 Å². The zero-order valence-electron chi connectivity index (χ0n) is 7.50. The minimum Gasteiger partial charge on any atom is -0.447 e. The minimum absolute atomic E-state index is 0. The van der Waals surface area contributed by atoms with Crippen molar-refractivity contribution in [2.24, 2.45) is 0 Å². The number of carbonyl (C=O) groups excluding carboxylic acids is 1. The van der Waals surface area contributed by atoms with E-state index in [4.69, 9.17) is 11.6 Å². The van der Waals surface area contributed by atoms with Crippen molar-refractivity contribution in [2.75, 3.05) is 6.61 Å². The molecule has 1 fully saturated rings. The molecule has 2 rings (SSSR count). The lowest BCUT2D eigenvalue weighted by Gasteiger charge is -2.07. The molecule has 1 heterocycles. The lowest BCUT2D eigenvalue weighted by atomic mass is 10.1. The quantitative estimate of drug-likeness (QED) is 0.834. The number of hydrogen-bond acceptors (Lipinski definition) is 2. The average Bonchev–Trinajstić information content (AvgIpc) is 2.50. The van der Waals surface area contributed by atoms with Crippen LogP contribution in [0, 0.1) is 5.82 Å². The van der Waals surface area contributed by atoms with Crippen LogP contribution < -0.4 is 5.32 Å². The van der Waals surface area contributed by atoms with E-state index in [0.717, 1.165) is 0 Å². The molecule has 1 aromatic carbocycles. The first-order valence-corrected chi connectivity index (χ1v) is 4.42. The molecule has 6 heteroatoms. The number of hydrogen-bond donors (Lipinski definition) is 1. The van der Waals surface area contributed by atoms with Crippen LogP contribution in [0.15, 0.2) is 18.2 Å². The van der Waals surface area contributed by atoms with Crippen molar-refractivity contribution in [2.45, 2.75) is 6.04 Å². The van der Waals surface area contributed by atoms with E-state index in [0.29, 0.717) is 10.6 Å². The van der Waals surface area contributed by atoms with Crippen molar-refractivity contribution in [3.63, 3.8) is 0 Å². The Morgan fingerprint density at radius 3 is 2.73 bits per heavy atom. The highest BCUT2D eigenvalue weighted by atomic mass is 35.5. The van der Waals surface area contributed by atoms with Crippen LogP contribution in [0.4, 0.5) is 9.18 Å². The van der Waals surface area contributed by atoms with Crippen LogP contribution in [0.5, 0.6) is 0 Å². The summed E-state index contributed by atoms with van der Waals surface area (Å²) < 4.78 is 17.6. The molecule has 0 aromatic heterocycles. The molecule has 1 aromatic rings. The van der Waals surface area contributed by atoms with Gasteiger partial charge in [0, 0.05) is 5.02 Å². The molecule has 82 valence electrons. The first kappa shape index (κ1) is 12.1. The Balaban J connectivity index is 0.00000112. The molecule has 15 heavy (non-hydrogen) atoms. The Hall–Kier alpha value is -1.00. The van der Waals surface area contributed by atoms with E-state index < -0.39 is 11.9 Å². The number of nitrogens with one attached hydrogen (secondary N) is 1. The van der Waals surface area contributed by atoms with Crippen molar-refractivity contribution in [3.8, 4) is 0 Å². The van der Waals surface area contributed by atoms with E-state index in [-0.39, 0.29) is 25.1 Å². The van der Waals surface area contributed by atoms with Gasteiger partial charge in [-0.1, -0.05) is 11.6 Å². The van der Waals surface area contributed by atoms with Gasteiger partial charge in [0.15, 0.2) is 0 Å². The predicted molar refractivity (Wildman–Crippen MR) is 55.9 cm³/mol. The first-order chi connectivity index (χ1) is 6.65. The highest BCUT2D eigenvalue weighted by molar-refractivity contribution is 6.30. The second kappa shape index (κ2) is 4.68. The Bertz CT molecular complexity index is 366. The van der Waals surface area contributed by atoms with Crippen LogP contribution in [-0.2, 0) is 4.74 Å². The smallest absolute Gasteiger partial charge is 0.407 e. The zero-order chi connectivity index (χ0) is 10.1. The number of halogens is 3. The van der Waals surface area contributed by atoms with Gasteiger partial charge < -0.3 is 10.1 Å². The first-order valence-electron chi connectivity index (χ1n) is 4.04. The van der Waals surface area contributed by atoms with Crippen LogP contribution in [0.1, 0.15) is 11.6 Å². The van der Waals surface area contributed by atoms with E-state index >= 15 is 0 Å². The van der Waals surface area contributed by atoms with E-state index in [1.165, 1.54) is 12.1 Å². The normalized spacial score (nSPS) is 19.1. The third-order valence-electron chi connectivity index (χ3n) is 1.96. The van der Waals surface area contributed by atoms with Gasteiger partial charge in [0.2, 0.25) is 0 Å². The van der Waals surface area contributed by atoms with Crippen LogP contribution in [-0.4, -0.2) is 12.7 Å². The zero-order valence-corrected chi connectivity index (χ0v) is 9.07. The van der Waals surface area contributed by atoms with Crippen LogP contribution >= 0.6 is 24.0 Å². The summed E-state index contributed by atoms with van der Waals surface area (Å²) in [6.07, 6.45) is -0.490. The fourth-order valence-corrected chi connectivity index (χ4v) is 1.57. The second-order valence-corrected chi connectivity index (χ2v) is 3.43. The fraction of sp³-hybridized carbons (Fsp3) is 0.222. The van der Waals surface area contributed by atoms with Crippen molar-refractivity contribution in [1.82, 2.24) is 5.32 Å². The van der Waals surface area contributed by atoms with Gasteiger partial charge in [-0.3, -0.25) is 0 Å². The highest BCUT2D eigenvalue weighted by Crippen LogP contribution is 2.22. The Kier molecular flexibility index (Phi) is 3.77. The van der Waals surface area contributed by atoms with E-state index in [9.17, 15) is 9.18 Å². The summed E-state index contributed by atoms with van der Waals surface area (Å²) in [5, 5.41) is 2.84. The van der Waals surface area contributed by atoms with E-state index in [1.54, 1.807) is 6.07 Å². The molecule has 0 unspecified atom stereocenters. The Morgan fingerprint density at radius 1 is 1.47 bits per heavy atom. The summed E-state index contributed by atoms with van der Waals surface area (Å²) in [7, 11) is 0. The van der Waals surface area contributed by atoms with E-state index in [2.05, 4.69) is 10.1 Å². The van der Waals surface area contributed by atoms with Gasteiger partial charge in [0.1, 0.15) is 12.4 Å². The molecule has 0 aliphatic carbocycles. The van der Waals surface area contributed by atoms with Crippen molar-refractivity contribution >= 4 is 30.1 Å². The summed E-state index contributed by atoms with van der Waals surface area (Å²) in [5.41, 5.74) is 0.612. The molecule has 0 radical (unpaired) electrons. The Labute approximate surface area is 97.0 Å². The molecule has 1 N–H and O–H groups in total. The molecule has 1 aliphatic heterocycles. The van der Waals surface area contributed by atoms with E-state index in [1.807, 2.05) is 0 Å². The molecule has 1 atom stereocenters. The average molecular weight is 252 g/mol. The second-order valence-electron chi connectivity index (χ2n) is 3.00. The monoisotopic (exact) mass is 251 g/mol. The molecule has 1 aliphatic rings. The molecule has 1 amide bonds. The SMILES string of the molecule is Cl.O=C1N[C@@H](c2cc(F)cc(Cl)c2)CO1. The summed E-state index contributed by atoms with van der Waals surface area (Å²) in [6, 6.07) is 3.83. The number of carbonyl (C=O) groups is 1. The molecule has 0 saturated carbocycles. The van der Waals surface area contributed by atoms with Crippen LogP contribution in [0.2, 0.25) is 5.02 Å². The van der Waals surface area contributed by atoms with Crippen molar-refractivity contribution < 1.29 is 13.9 Å². The van der Waals surface area contributed by atoms with Crippen LogP contribution in [0.3, 0.4) is 0 Å². The lowest BCUT2D eigenvalue weighted by molar-refractivity contribution is 0.177. The summed E-state index contributed by atoms with van der Waals surface area (Å²) in [5.74, 6) is -0.423. The molecular formula is C9H8Cl2FNO2. The number of cyclic esters (lactones) is 1. The number of ether oxygens (including phenoxy) is 1. The summed E-state index contributed by atoms with van der Waals surface area (Å²) >= 11 is 5.67. The maximum atomic E-state index is 12.9. The molecule has 3 nitrogen and oxygen atoms in total. The lowest BCUT2D eigenvalue weighted by Crippen LogP contribution is -2.18. The fourth-order valence-electron chi connectivity index (χ4n) is 1.34. The molecule has 1 saturated heterocycles. The van der Waals surface area contributed by atoms with Gasteiger partial charge >= 0.3 is 6.09 Å². The molecule has 0 bridgehead atoms. The maximum Gasteiger partial charge on any atom is 0.407 e. The number of benzene rings is 1. The number of alkyl carbamates (subject to hydrolysis) is 1. The molecule has 0 spiro atoms. The third kappa shape index (κ3) is 2.73. The van der Waals surface area contributed by atoms with Gasteiger partial charge in [-0.25, -0.2) is 9.18 Å².